The van der Waals surface area contributed by atoms with Crippen LogP contribution in [0.3, 0.4) is 0 Å². The molecule has 0 radical (unpaired) electrons. The van der Waals surface area contributed by atoms with Crippen molar-refractivity contribution >= 4 is 22.9 Å². The van der Waals surface area contributed by atoms with Crippen molar-refractivity contribution in [1.29, 1.82) is 0 Å². The zero-order valence-corrected chi connectivity index (χ0v) is 18.4. The number of carbonyl (C=O) groups is 1. The van der Waals surface area contributed by atoms with E-state index >= 15 is 0 Å². The van der Waals surface area contributed by atoms with Crippen LogP contribution in [0.15, 0.2) is 91.2 Å². The third-order valence-electron chi connectivity index (χ3n) is 5.50. The molecule has 3 nitrogen and oxygen atoms in total. The zero-order valence-electron chi connectivity index (χ0n) is 18.4. The van der Waals surface area contributed by atoms with Gasteiger partial charge in [0.1, 0.15) is 5.82 Å². The number of anilines is 2. The minimum Gasteiger partial charge on any atom is -0.351 e. The minimum absolute atomic E-state index is 0.284. The van der Waals surface area contributed by atoms with E-state index in [-0.39, 0.29) is 11.7 Å². The van der Waals surface area contributed by atoms with Crippen LogP contribution in [0.2, 0.25) is 0 Å². The molecule has 0 unspecified atom stereocenters. The molecule has 4 heteroatoms. The molecule has 3 aromatic rings. The topological polar surface area (TPSA) is 32.3 Å². The molecule has 0 spiro atoms. The van der Waals surface area contributed by atoms with Crippen molar-refractivity contribution in [3.8, 4) is 22.3 Å². The fourth-order valence-corrected chi connectivity index (χ4v) is 3.65. The molecule has 1 heterocycles. The highest BCUT2D eigenvalue weighted by Crippen LogP contribution is 2.36. The summed E-state index contributed by atoms with van der Waals surface area (Å²) in [6.45, 7) is 7.93. The molecule has 1 aliphatic rings. The Balaban J connectivity index is 1.55. The summed E-state index contributed by atoms with van der Waals surface area (Å²) in [5, 5.41) is 2.64. The number of amides is 1. The van der Waals surface area contributed by atoms with Gasteiger partial charge in [-0.25, -0.2) is 4.39 Å². The number of halogens is 1. The van der Waals surface area contributed by atoms with Gasteiger partial charge in [0.2, 0.25) is 0 Å². The number of carbonyl (C=O) groups excluding carboxylic acids is 1. The van der Waals surface area contributed by atoms with Crippen molar-refractivity contribution in [2.75, 3.05) is 17.3 Å². The van der Waals surface area contributed by atoms with Crippen molar-refractivity contribution in [1.82, 2.24) is 0 Å². The predicted octanol–water partition coefficient (Wildman–Crippen LogP) is 7.04. The quantitative estimate of drug-likeness (QED) is 0.352. The van der Waals surface area contributed by atoms with Gasteiger partial charge in [0, 0.05) is 35.6 Å². The number of benzene rings is 3. The van der Waals surface area contributed by atoms with Gasteiger partial charge in [-0.3, -0.25) is 4.79 Å². The number of allylic oxidation sites excluding steroid dienone is 3. The molecule has 3 aromatic carbocycles. The molecule has 1 aliphatic heterocycles. The molecule has 160 valence electrons. The lowest BCUT2D eigenvalue weighted by Crippen LogP contribution is -2.07. The van der Waals surface area contributed by atoms with Crippen LogP contribution < -0.4 is 10.2 Å². The van der Waals surface area contributed by atoms with Crippen molar-refractivity contribution < 1.29 is 9.18 Å². The average Bonchev–Trinajstić information content (AvgIpc) is 3.05. The van der Waals surface area contributed by atoms with Gasteiger partial charge in [-0.1, -0.05) is 54.6 Å². The third-order valence-corrected chi connectivity index (χ3v) is 5.50. The molecule has 0 saturated carbocycles. The van der Waals surface area contributed by atoms with E-state index < -0.39 is 0 Å². The van der Waals surface area contributed by atoms with Crippen LogP contribution in [0.4, 0.5) is 15.8 Å². The smallest absolute Gasteiger partial charge is 0.255 e. The molecule has 0 bridgehead atoms. The maximum atomic E-state index is 14.7. The number of nitrogens with one attached hydrogen (secondary N) is 1. The van der Waals surface area contributed by atoms with E-state index in [0.29, 0.717) is 22.4 Å². The van der Waals surface area contributed by atoms with E-state index in [2.05, 4.69) is 61.0 Å². The molecule has 0 atom stereocenters. The summed E-state index contributed by atoms with van der Waals surface area (Å²) in [6, 6.07) is 19.1. The summed E-state index contributed by atoms with van der Waals surface area (Å²) < 4.78 is 14.7. The van der Waals surface area contributed by atoms with E-state index in [1.165, 1.54) is 11.6 Å². The van der Waals surface area contributed by atoms with Crippen LogP contribution >= 0.6 is 0 Å². The van der Waals surface area contributed by atoms with Crippen molar-refractivity contribution in [3.05, 3.63) is 103 Å². The highest BCUT2D eigenvalue weighted by molar-refractivity contribution is 6.31. The summed E-state index contributed by atoms with van der Waals surface area (Å²) in [6.07, 6.45) is 6.13. The number of hydrogen-bond donors (Lipinski definition) is 1. The second-order valence-electron chi connectivity index (χ2n) is 8.13. The standard InChI is InChI=1S/C28H25FN2O/c1-18(2)6-5-15-31(4)23-13-11-21(12-14-23)20-7-9-22(10-8-20)25-16-24-19(3)28(32)30-27(24)17-26(25)29/h5-17H,3H2,1-2,4H3,(H,30,32)/b15-5-. The van der Waals surface area contributed by atoms with Gasteiger partial charge < -0.3 is 10.2 Å². The Kier molecular flexibility index (Phi) is 5.78. The summed E-state index contributed by atoms with van der Waals surface area (Å²) in [5.41, 5.74) is 7.15. The third kappa shape index (κ3) is 4.26. The Hall–Kier alpha value is -3.92. The summed E-state index contributed by atoms with van der Waals surface area (Å²) in [7, 11) is 2.02. The van der Waals surface area contributed by atoms with Crippen LogP contribution in [-0.4, -0.2) is 13.0 Å². The van der Waals surface area contributed by atoms with Crippen molar-refractivity contribution in [2.24, 2.45) is 0 Å². The van der Waals surface area contributed by atoms with Crippen LogP contribution in [0, 0.1) is 5.82 Å². The Labute approximate surface area is 188 Å². The molecular formula is C28H25FN2O. The van der Waals surface area contributed by atoms with Gasteiger partial charge in [-0.05, 0) is 60.9 Å². The first kappa shape index (κ1) is 21.3. The normalized spacial score (nSPS) is 12.6. The van der Waals surface area contributed by atoms with Crippen LogP contribution in [0.25, 0.3) is 27.8 Å². The van der Waals surface area contributed by atoms with Crippen LogP contribution in [0.1, 0.15) is 19.4 Å². The van der Waals surface area contributed by atoms with Gasteiger partial charge in [0.15, 0.2) is 0 Å². The van der Waals surface area contributed by atoms with E-state index in [4.69, 9.17) is 0 Å². The average molecular weight is 425 g/mol. The fraction of sp³-hybridized carbons (Fsp3) is 0.107. The molecule has 1 amide bonds. The lowest BCUT2D eigenvalue weighted by Gasteiger charge is -2.14. The lowest BCUT2D eigenvalue weighted by atomic mass is 9.97. The van der Waals surface area contributed by atoms with Crippen LogP contribution in [0.5, 0.6) is 0 Å². The van der Waals surface area contributed by atoms with Gasteiger partial charge in [0.25, 0.3) is 5.91 Å². The van der Waals surface area contributed by atoms with Crippen molar-refractivity contribution in [3.63, 3.8) is 0 Å². The Bertz CT molecular complexity index is 1250. The first-order valence-corrected chi connectivity index (χ1v) is 10.4. The molecule has 0 aromatic heterocycles. The van der Waals surface area contributed by atoms with E-state index in [1.54, 1.807) is 6.07 Å². The summed E-state index contributed by atoms with van der Waals surface area (Å²) in [4.78, 5) is 13.9. The van der Waals surface area contributed by atoms with Gasteiger partial charge >= 0.3 is 0 Å². The second-order valence-corrected chi connectivity index (χ2v) is 8.13. The second kappa shape index (κ2) is 8.67. The monoisotopic (exact) mass is 424 g/mol. The maximum Gasteiger partial charge on any atom is 0.255 e. The first-order chi connectivity index (χ1) is 15.3. The van der Waals surface area contributed by atoms with Gasteiger partial charge in [0.05, 0.1) is 5.69 Å². The number of fused-ring (bicyclic) bond motifs is 1. The SMILES string of the molecule is C=C1C(=O)Nc2cc(F)c(-c3ccc(-c4ccc(N(C)/C=C\C=C(C)C)cc4)cc3)cc21. The Morgan fingerprint density at radius 2 is 1.53 bits per heavy atom. The molecule has 0 saturated heterocycles. The van der Waals surface area contributed by atoms with E-state index in [0.717, 1.165) is 22.4 Å². The molecule has 0 fully saturated rings. The van der Waals surface area contributed by atoms with E-state index in [1.807, 2.05) is 43.6 Å². The fourth-order valence-electron chi connectivity index (χ4n) is 3.65. The van der Waals surface area contributed by atoms with Gasteiger partial charge in [-0.2, -0.15) is 0 Å². The summed E-state index contributed by atoms with van der Waals surface area (Å²) >= 11 is 0. The molecular weight excluding hydrogens is 399 g/mol. The molecule has 4 rings (SSSR count). The molecule has 1 N–H and O–H groups in total. The largest absolute Gasteiger partial charge is 0.351 e. The maximum absolute atomic E-state index is 14.7. The highest BCUT2D eigenvalue weighted by Gasteiger charge is 2.24. The first-order valence-electron chi connectivity index (χ1n) is 10.4. The van der Waals surface area contributed by atoms with Gasteiger partial charge in [-0.15, -0.1) is 0 Å². The van der Waals surface area contributed by atoms with Crippen molar-refractivity contribution in [2.45, 2.75) is 13.8 Å². The highest BCUT2D eigenvalue weighted by atomic mass is 19.1. The molecule has 32 heavy (non-hydrogen) atoms. The zero-order chi connectivity index (χ0) is 22.8. The minimum atomic E-state index is -0.375. The predicted molar refractivity (Wildman–Crippen MR) is 132 cm³/mol. The molecule has 0 aliphatic carbocycles. The van der Waals surface area contributed by atoms with E-state index in [9.17, 15) is 9.18 Å². The number of nitrogens with zero attached hydrogens (tertiary/aromatic N) is 1. The lowest BCUT2D eigenvalue weighted by molar-refractivity contribution is -0.110. The van der Waals surface area contributed by atoms with Crippen LogP contribution in [-0.2, 0) is 4.79 Å². The number of hydrogen-bond acceptors (Lipinski definition) is 2. The summed E-state index contributed by atoms with van der Waals surface area (Å²) in [5.74, 6) is -0.659. The Morgan fingerprint density at radius 1 is 0.938 bits per heavy atom. The Morgan fingerprint density at radius 3 is 2.16 bits per heavy atom. The number of rotatable bonds is 5.